The van der Waals surface area contributed by atoms with E-state index in [0.29, 0.717) is 36.0 Å². The lowest BCUT2D eigenvalue weighted by Gasteiger charge is -2.06. The van der Waals surface area contributed by atoms with Crippen LogP contribution in [-0.2, 0) is 13.0 Å². The molecule has 1 amide bonds. The number of anilines is 1. The van der Waals surface area contributed by atoms with Gasteiger partial charge in [0.2, 0.25) is 5.95 Å². The third kappa shape index (κ3) is 5.06. The van der Waals surface area contributed by atoms with E-state index in [1.54, 1.807) is 6.26 Å². The minimum absolute atomic E-state index is 0.209. The van der Waals surface area contributed by atoms with Crippen LogP contribution in [0.5, 0.6) is 0 Å². The molecule has 2 aromatic heterocycles. The molecule has 6 nitrogen and oxygen atoms in total. The third-order valence-electron chi connectivity index (χ3n) is 3.50. The molecule has 7 heteroatoms. The summed E-state index contributed by atoms with van der Waals surface area (Å²) in [5.74, 6) is 1.01. The minimum atomic E-state index is -0.209. The quantitative estimate of drug-likeness (QED) is 0.679. The van der Waals surface area contributed by atoms with Gasteiger partial charge in [-0.25, -0.2) is 9.97 Å². The van der Waals surface area contributed by atoms with Gasteiger partial charge in [-0.2, -0.15) is 0 Å². The van der Waals surface area contributed by atoms with Crippen molar-refractivity contribution in [3.05, 3.63) is 77.0 Å². The molecule has 3 aromatic rings. The molecule has 0 unspecified atom stereocenters. The zero-order valence-electron chi connectivity index (χ0n) is 13.4. The first kappa shape index (κ1) is 17.0. The van der Waals surface area contributed by atoms with Crippen molar-refractivity contribution in [2.24, 2.45) is 0 Å². The second kappa shape index (κ2) is 8.30. The first-order chi connectivity index (χ1) is 12.2. The maximum Gasteiger partial charge on any atom is 0.254 e. The Morgan fingerprint density at radius 2 is 2.00 bits per heavy atom. The second-order valence-corrected chi connectivity index (χ2v) is 5.80. The maximum absolute atomic E-state index is 12.1. The fraction of sp³-hybridized carbons (Fsp3) is 0.167. The molecular weight excluding hydrogens is 340 g/mol. The molecule has 128 valence electrons. The summed E-state index contributed by atoms with van der Waals surface area (Å²) in [5, 5.41) is 6.56. The van der Waals surface area contributed by atoms with Crippen LogP contribution in [0.1, 0.15) is 21.7 Å². The summed E-state index contributed by atoms with van der Waals surface area (Å²) >= 11 is 5.94. The number of nitrogens with one attached hydrogen (secondary N) is 2. The van der Waals surface area contributed by atoms with E-state index >= 15 is 0 Å². The molecule has 2 N–H and O–H groups in total. The lowest BCUT2D eigenvalue weighted by atomic mass is 10.1. The Labute approximate surface area is 150 Å². The normalized spacial score (nSPS) is 10.4. The van der Waals surface area contributed by atoms with E-state index < -0.39 is 0 Å². The number of aromatic nitrogens is 2. The van der Waals surface area contributed by atoms with Crippen molar-refractivity contribution in [3.63, 3.8) is 0 Å². The van der Waals surface area contributed by atoms with E-state index in [-0.39, 0.29) is 5.91 Å². The predicted octanol–water partition coefficient (Wildman–Crippen LogP) is 3.31. The van der Waals surface area contributed by atoms with Gasteiger partial charge in [-0.15, -0.1) is 0 Å². The first-order valence-electron chi connectivity index (χ1n) is 7.81. The zero-order chi connectivity index (χ0) is 17.5. The SMILES string of the molecule is O=C(NCCc1cccc(Cl)c1)c1cnc(NCc2ccco2)nc1. The summed E-state index contributed by atoms with van der Waals surface area (Å²) in [6.45, 7) is 0.996. The molecule has 0 bridgehead atoms. The Kier molecular flexibility index (Phi) is 5.64. The molecule has 0 saturated heterocycles. The number of carbonyl (C=O) groups is 1. The van der Waals surface area contributed by atoms with Crippen LogP contribution >= 0.6 is 11.6 Å². The minimum Gasteiger partial charge on any atom is -0.467 e. The number of carbonyl (C=O) groups excluding carboxylic acids is 1. The number of rotatable bonds is 7. The van der Waals surface area contributed by atoms with Crippen LogP contribution in [-0.4, -0.2) is 22.4 Å². The summed E-state index contributed by atoms with van der Waals surface area (Å²) < 4.78 is 5.21. The number of nitrogens with zero attached hydrogens (tertiary/aromatic N) is 2. The number of halogens is 1. The Bertz CT molecular complexity index is 819. The molecule has 0 radical (unpaired) electrons. The van der Waals surface area contributed by atoms with Crippen molar-refractivity contribution >= 4 is 23.5 Å². The Balaban J connectivity index is 1.47. The molecule has 0 fully saturated rings. The van der Waals surface area contributed by atoms with Crippen LogP contribution < -0.4 is 10.6 Å². The second-order valence-electron chi connectivity index (χ2n) is 5.36. The Hall–Kier alpha value is -2.86. The van der Waals surface area contributed by atoms with Gasteiger partial charge in [-0.05, 0) is 36.2 Å². The van der Waals surface area contributed by atoms with Gasteiger partial charge < -0.3 is 15.1 Å². The van der Waals surface area contributed by atoms with E-state index in [4.69, 9.17) is 16.0 Å². The number of benzene rings is 1. The van der Waals surface area contributed by atoms with E-state index in [0.717, 1.165) is 11.3 Å². The standard InChI is InChI=1S/C18H17ClN4O2/c19-15-4-1-3-13(9-15)6-7-20-17(24)14-10-21-18(22-11-14)23-12-16-5-2-8-25-16/h1-5,8-11H,6-7,12H2,(H,20,24)(H,21,22,23). The molecule has 25 heavy (non-hydrogen) atoms. The summed E-state index contributed by atoms with van der Waals surface area (Å²) in [4.78, 5) is 20.4. The van der Waals surface area contributed by atoms with Gasteiger partial charge in [0, 0.05) is 24.0 Å². The number of hydrogen-bond acceptors (Lipinski definition) is 5. The number of furan rings is 1. The van der Waals surface area contributed by atoms with Crippen LogP contribution in [0.15, 0.2) is 59.5 Å². The predicted molar refractivity (Wildman–Crippen MR) is 95.6 cm³/mol. The smallest absolute Gasteiger partial charge is 0.254 e. The van der Waals surface area contributed by atoms with Gasteiger partial charge in [0.15, 0.2) is 0 Å². The van der Waals surface area contributed by atoms with E-state index in [2.05, 4.69) is 20.6 Å². The molecular formula is C18H17ClN4O2. The summed E-state index contributed by atoms with van der Waals surface area (Å²) in [7, 11) is 0. The van der Waals surface area contributed by atoms with Crippen molar-refractivity contribution in [2.45, 2.75) is 13.0 Å². The van der Waals surface area contributed by atoms with Crippen molar-refractivity contribution in [1.82, 2.24) is 15.3 Å². The van der Waals surface area contributed by atoms with Crippen molar-refractivity contribution in [1.29, 1.82) is 0 Å². The van der Waals surface area contributed by atoms with Gasteiger partial charge in [0.25, 0.3) is 5.91 Å². The highest BCUT2D eigenvalue weighted by Gasteiger charge is 2.07. The molecule has 3 rings (SSSR count). The molecule has 0 aliphatic carbocycles. The fourth-order valence-electron chi connectivity index (χ4n) is 2.23. The molecule has 1 aromatic carbocycles. The average Bonchev–Trinajstić information content (AvgIpc) is 3.14. The largest absolute Gasteiger partial charge is 0.467 e. The summed E-state index contributed by atoms with van der Waals surface area (Å²) in [5.41, 5.74) is 1.48. The molecule has 0 saturated carbocycles. The number of hydrogen-bond donors (Lipinski definition) is 2. The fourth-order valence-corrected chi connectivity index (χ4v) is 2.44. The van der Waals surface area contributed by atoms with Crippen LogP contribution in [0.3, 0.4) is 0 Å². The van der Waals surface area contributed by atoms with Gasteiger partial charge in [0.05, 0.1) is 18.4 Å². The Morgan fingerprint density at radius 3 is 2.72 bits per heavy atom. The molecule has 0 atom stereocenters. The highest BCUT2D eigenvalue weighted by Crippen LogP contribution is 2.11. The van der Waals surface area contributed by atoms with E-state index in [1.165, 1.54) is 12.4 Å². The highest BCUT2D eigenvalue weighted by atomic mass is 35.5. The molecule has 0 spiro atoms. The third-order valence-corrected chi connectivity index (χ3v) is 3.74. The topological polar surface area (TPSA) is 80.0 Å². The monoisotopic (exact) mass is 356 g/mol. The molecule has 2 heterocycles. The molecule has 0 aliphatic heterocycles. The van der Waals surface area contributed by atoms with Crippen LogP contribution in [0.25, 0.3) is 0 Å². The van der Waals surface area contributed by atoms with Gasteiger partial charge >= 0.3 is 0 Å². The van der Waals surface area contributed by atoms with E-state index in [9.17, 15) is 4.79 Å². The van der Waals surface area contributed by atoms with Crippen molar-refractivity contribution < 1.29 is 9.21 Å². The van der Waals surface area contributed by atoms with Crippen molar-refractivity contribution in [3.8, 4) is 0 Å². The van der Waals surface area contributed by atoms with Crippen LogP contribution in [0.4, 0.5) is 5.95 Å². The van der Waals surface area contributed by atoms with Gasteiger partial charge in [-0.3, -0.25) is 4.79 Å². The summed E-state index contributed by atoms with van der Waals surface area (Å²) in [6, 6.07) is 11.2. The lowest BCUT2D eigenvalue weighted by molar-refractivity contribution is 0.0953. The van der Waals surface area contributed by atoms with Gasteiger partial charge in [0.1, 0.15) is 5.76 Å². The number of amides is 1. The maximum atomic E-state index is 12.1. The Morgan fingerprint density at radius 1 is 1.16 bits per heavy atom. The van der Waals surface area contributed by atoms with E-state index in [1.807, 2.05) is 36.4 Å². The van der Waals surface area contributed by atoms with Crippen molar-refractivity contribution in [2.75, 3.05) is 11.9 Å². The summed E-state index contributed by atoms with van der Waals surface area (Å²) in [6.07, 6.45) is 5.29. The lowest BCUT2D eigenvalue weighted by Crippen LogP contribution is -2.26. The zero-order valence-corrected chi connectivity index (χ0v) is 14.2. The van der Waals surface area contributed by atoms with Gasteiger partial charge in [-0.1, -0.05) is 23.7 Å². The molecule has 0 aliphatic rings. The van der Waals surface area contributed by atoms with Crippen LogP contribution in [0.2, 0.25) is 5.02 Å². The average molecular weight is 357 g/mol. The first-order valence-corrected chi connectivity index (χ1v) is 8.19. The van der Waals surface area contributed by atoms with Crippen LogP contribution in [0, 0.1) is 0 Å². The highest BCUT2D eigenvalue weighted by molar-refractivity contribution is 6.30.